The number of anilines is 1. The largest absolute Gasteiger partial charge is 0.755 e. The molecule has 1 aliphatic carbocycles. The highest BCUT2D eigenvalue weighted by atomic mass is 32.2. The van der Waals surface area contributed by atoms with Crippen molar-refractivity contribution in [3.05, 3.63) is 29.8 Å². The van der Waals surface area contributed by atoms with E-state index < -0.39 is 11.3 Å². The Kier molecular flexibility index (Phi) is 3.61. The lowest BCUT2D eigenvalue weighted by atomic mass is 9.93. The summed E-state index contributed by atoms with van der Waals surface area (Å²) >= 11 is -2.16. The molecule has 88 valence electrons. The van der Waals surface area contributed by atoms with Gasteiger partial charge in [0.25, 0.3) is 0 Å². The van der Waals surface area contributed by atoms with Gasteiger partial charge in [-0.3, -0.25) is 8.51 Å². The SMILES string of the molecule is CCc1ccc(N(C2CCC2)S(=O)[O-])cc1. The highest BCUT2D eigenvalue weighted by molar-refractivity contribution is 7.80. The Hall–Kier alpha value is -0.870. The summed E-state index contributed by atoms with van der Waals surface area (Å²) in [4.78, 5) is 0. The van der Waals surface area contributed by atoms with E-state index in [4.69, 9.17) is 0 Å². The standard InChI is InChI=1S/C12H17NO2S/c1-2-10-6-8-12(9-7-10)13(16(14)15)11-4-3-5-11/h6-9,11H,2-5H2,1H3,(H,14,15)/p-1. The van der Waals surface area contributed by atoms with Gasteiger partial charge in [0, 0.05) is 23.0 Å². The van der Waals surface area contributed by atoms with Crippen molar-refractivity contribution >= 4 is 17.0 Å². The van der Waals surface area contributed by atoms with Crippen LogP contribution in [0.5, 0.6) is 0 Å². The topological polar surface area (TPSA) is 43.4 Å². The van der Waals surface area contributed by atoms with Crippen molar-refractivity contribution in [3.8, 4) is 0 Å². The van der Waals surface area contributed by atoms with Crippen LogP contribution < -0.4 is 4.31 Å². The number of rotatable bonds is 4. The first-order valence-electron chi connectivity index (χ1n) is 5.70. The zero-order valence-electron chi connectivity index (χ0n) is 9.39. The fraction of sp³-hybridized carbons (Fsp3) is 0.500. The lowest BCUT2D eigenvalue weighted by Crippen LogP contribution is -2.41. The third-order valence-corrected chi connectivity index (χ3v) is 4.00. The average Bonchev–Trinajstić information content (AvgIpc) is 2.23. The zero-order valence-corrected chi connectivity index (χ0v) is 10.2. The van der Waals surface area contributed by atoms with Gasteiger partial charge in [-0.15, -0.1) is 0 Å². The Morgan fingerprint density at radius 2 is 2.00 bits per heavy atom. The lowest BCUT2D eigenvalue weighted by molar-refractivity contribution is 0.409. The molecule has 0 saturated heterocycles. The summed E-state index contributed by atoms with van der Waals surface area (Å²) in [5.41, 5.74) is 2.02. The zero-order chi connectivity index (χ0) is 11.5. The molecule has 1 unspecified atom stereocenters. The van der Waals surface area contributed by atoms with Gasteiger partial charge in [0.2, 0.25) is 0 Å². The number of aryl methyl sites for hydroxylation is 1. The second-order valence-electron chi connectivity index (χ2n) is 4.15. The van der Waals surface area contributed by atoms with Crippen molar-refractivity contribution in [1.29, 1.82) is 0 Å². The predicted octanol–water partition coefficient (Wildman–Crippen LogP) is 2.40. The molecule has 0 amide bonds. The van der Waals surface area contributed by atoms with E-state index in [1.165, 1.54) is 9.87 Å². The maximum Gasteiger partial charge on any atom is 0.0485 e. The molecule has 0 aliphatic heterocycles. The molecule has 2 rings (SSSR count). The number of hydrogen-bond donors (Lipinski definition) is 0. The summed E-state index contributed by atoms with van der Waals surface area (Å²) in [7, 11) is 0. The molecule has 1 aliphatic rings. The molecule has 0 N–H and O–H groups in total. The molecule has 16 heavy (non-hydrogen) atoms. The molecule has 1 atom stereocenters. The van der Waals surface area contributed by atoms with Gasteiger partial charge in [-0.2, -0.15) is 0 Å². The van der Waals surface area contributed by atoms with Crippen LogP contribution in [0.25, 0.3) is 0 Å². The van der Waals surface area contributed by atoms with Crippen molar-refractivity contribution in [2.75, 3.05) is 4.31 Å². The van der Waals surface area contributed by atoms with E-state index in [0.29, 0.717) is 0 Å². The van der Waals surface area contributed by atoms with Gasteiger partial charge >= 0.3 is 0 Å². The summed E-state index contributed by atoms with van der Waals surface area (Å²) in [5, 5.41) is 0. The lowest BCUT2D eigenvalue weighted by Gasteiger charge is -2.39. The Bertz CT molecular complexity index is 373. The van der Waals surface area contributed by atoms with Crippen LogP contribution in [0, 0.1) is 0 Å². The van der Waals surface area contributed by atoms with E-state index in [0.717, 1.165) is 31.4 Å². The van der Waals surface area contributed by atoms with Crippen LogP contribution in [0.2, 0.25) is 0 Å². The smallest absolute Gasteiger partial charge is 0.0485 e. The monoisotopic (exact) mass is 238 g/mol. The van der Waals surface area contributed by atoms with Crippen LogP contribution in [0.4, 0.5) is 5.69 Å². The number of hydrogen-bond acceptors (Lipinski definition) is 2. The summed E-state index contributed by atoms with van der Waals surface area (Å²) in [6.45, 7) is 2.09. The van der Waals surface area contributed by atoms with E-state index in [1.54, 1.807) is 0 Å². The third kappa shape index (κ3) is 2.28. The van der Waals surface area contributed by atoms with Gasteiger partial charge in [0.15, 0.2) is 0 Å². The molecule has 0 bridgehead atoms. The molecule has 3 nitrogen and oxygen atoms in total. The quantitative estimate of drug-likeness (QED) is 0.756. The molecular weight excluding hydrogens is 222 g/mol. The molecule has 1 aromatic rings. The van der Waals surface area contributed by atoms with Crippen LogP contribution >= 0.6 is 0 Å². The maximum atomic E-state index is 11.2. The summed E-state index contributed by atoms with van der Waals surface area (Å²) in [6, 6.07) is 7.95. The van der Waals surface area contributed by atoms with Crippen LogP contribution in [0.15, 0.2) is 24.3 Å². The first-order chi connectivity index (χ1) is 7.72. The van der Waals surface area contributed by atoms with Crippen molar-refractivity contribution in [3.63, 3.8) is 0 Å². The third-order valence-electron chi connectivity index (χ3n) is 3.17. The van der Waals surface area contributed by atoms with E-state index in [-0.39, 0.29) is 6.04 Å². The van der Waals surface area contributed by atoms with E-state index in [1.807, 2.05) is 24.3 Å². The van der Waals surface area contributed by atoms with Crippen LogP contribution in [0.3, 0.4) is 0 Å². The van der Waals surface area contributed by atoms with Gasteiger partial charge in [0.1, 0.15) is 0 Å². The van der Waals surface area contributed by atoms with Crippen LogP contribution in [0.1, 0.15) is 31.7 Å². The molecule has 1 fully saturated rings. The van der Waals surface area contributed by atoms with Crippen molar-refractivity contribution in [2.45, 2.75) is 38.6 Å². The van der Waals surface area contributed by atoms with E-state index in [2.05, 4.69) is 6.92 Å². The normalized spacial score (nSPS) is 17.9. The van der Waals surface area contributed by atoms with Crippen molar-refractivity contribution < 1.29 is 8.76 Å². The Morgan fingerprint density at radius 1 is 1.38 bits per heavy atom. The molecular formula is C12H16NO2S-. The highest BCUT2D eigenvalue weighted by Gasteiger charge is 2.25. The van der Waals surface area contributed by atoms with Gasteiger partial charge in [0.05, 0.1) is 0 Å². The summed E-state index contributed by atoms with van der Waals surface area (Å²) < 4.78 is 23.9. The Labute approximate surface area is 98.9 Å². The molecule has 4 heteroatoms. The minimum Gasteiger partial charge on any atom is -0.755 e. The summed E-state index contributed by atoms with van der Waals surface area (Å²) in [5.74, 6) is 0. The van der Waals surface area contributed by atoms with Crippen LogP contribution in [-0.4, -0.2) is 14.8 Å². The summed E-state index contributed by atoms with van der Waals surface area (Å²) in [6.07, 6.45) is 4.06. The second kappa shape index (κ2) is 4.97. The Morgan fingerprint density at radius 3 is 2.38 bits per heavy atom. The fourth-order valence-corrected chi connectivity index (χ4v) is 2.67. The minimum absolute atomic E-state index is 0.172. The van der Waals surface area contributed by atoms with Gasteiger partial charge in [-0.25, -0.2) is 0 Å². The minimum atomic E-state index is -2.16. The molecule has 0 aromatic heterocycles. The number of benzene rings is 1. The van der Waals surface area contributed by atoms with Gasteiger partial charge in [-0.05, 0) is 43.4 Å². The first-order valence-corrected chi connectivity index (χ1v) is 6.73. The molecule has 0 heterocycles. The van der Waals surface area contributed by atoms with E-state index >= 15 is 0 Å². The first kappa shape index (κ1) is 11.6. The van der Waals surface area contributed by atoms with Gasteiger partial charge < -0.3 is 4.55 Å². The molecule has 0 radical (unpaired) electrons. The fourth-order valence-electron chi connectivity index (χ4n) is 1.92. The second-order valence-corrected chi connectivity index (χ2v) is 4.98. The molecule has 1 saturated carbocycles. The highest BCUT2D eigenvalue weighted by Crippen LogP contribution is 2.30. The molecule has 0 spiro atoms. The van der Waals surface area contributed by atoms with Crippen molar-refractivity contribution in [1.82, 2.24) is 0 Å². The van der Waals surface area contributed by atoms with Gasteiger partial charge in [-0.1, -0.05) is 19.1 Å². The average molecular weight is 238 g/mol. The predicted molar refractivity (Wildman–Crippen MR) is 64.9 cm³/mol. The molecule has 1 aromatic carbocycles. The van der Waals surface area contributed by atoms with Crippen LogP contribution in [-0.2, 0) is 17.7 Å². The Balaban J connectivity index is 2.20. The van der Waals surface area contributed by atoms with Crippen molar-refractivity contribution in [2.24, 2.45) is 0 Å². The van der Waals surface area contributed by atoms with E-state index in [9.17, 15) is 8.76 Å². The number of nitrogens with zero attached hydrogens (tertiary/aromatic N) is 1. The maximum absolute atomic E-state index is 11.2.